The second kappa shape index (κ2) is 4.48. The first-order chi connectivity index (χ1) is 6.95. The summed E-state index contributed by atoms with van der Waals surface area (Å²) in [5.41, 5.74) is 4.53. The van der Waals surface area contributed by atoms with Gasteiger partial charge < -0.3 is 11.1 Å². The number of halogens is 3. The molecule has 15 heavy (non-hydrogen) atoms. The van der Waals surface area contributed by atoms with Crippen LogP contribution in [-0.2, 0) is 6.18 Å². The van der Waals surface area contributed by atoms with Crippen molar-refractivity contribution in [2.24, 2.45) is 5.73 Å². The molecule has 0 amide bonds. The molecule has 0 saturated heterocycles. The Kier molecular flexibility index (Phi) is 3.52. The molecular weight excluding hydrogens is 207 g/mol. The number of nitrogens with zero attached hydrogens (tertiary/aromatic N) is 1. The van der Waals surface area contributed by atoms with Crippen molar-refractivity contribution < 1.29 is 13.2 Å². The summed E-state index contributed by atoms with van der Waals surface area (Å²) in [6, 6.07) is 1.99. The topological polar surface area (TPSA) is 50.9 Å². The van der Waals surface area contributed by atoms with E-state index in [1.54, 1.807) is 6.92 Å². The Morgan fingerprint density at radius 3 is 2.73 bits per heavy atom. The van der Waals surface area contributed by atoms with E-state index in [0.29, 0.717) is 0 Å². The average Bonchev–Trinajstić information content (AvgIpc) is 2.17. The van der Waals surface area contributed by atoms with Crippen LogP contribution in [0.4, 0.5) is 19.0 Å². The number of hydrogen-bond donors (Lipinski definition) is 2. The molecule has 1 heterocycles. The van der Waals surface area contributed by atoms with Gasteiger partial charge in [-0.1, -0.05) is 0 Å². The van der Waals surface area contributed by atoms with Gasteiger partial charge in [-0.05, 0) is 19.1 Å². The van der Waals surface area contributed by atoms with E-state index in [1.165, 1.54) is 12.3 Å². The fourth-order valence-corrected chi connectivity index (χ4v) is 1.04. The first kappa shape index (κ1) is 11.8. The molecule has 3 nitrogen and oxygen atoms in total. The van der Waals surface area contributed by atoms with Crippen molar-refractivity contribution in [1.29, 1.82) is 0 Å². The molecule has 0 saturated carbocycles. The molecule has 1 atom stereocenters. The summed E-state index contributed by atoms with van der Waals surface area (Å²) in [6.07, 6.45) is -3.09. The molecule has 0 radical (unpaired) electrons. The van der Waals surface area contributed by atoms with Crippen molar-refractivity contribution in [3.8, 4) is 0 Å². The van der Waals surface area contributed by atoms with Crippen LogP contribution < -0.4 is 11.1 Å². The minimum absolute atomic E-state index is 0.178. The number of pyridine rings is 1. The van der Waals surface area contributed by atoms with E-state index in [4.69, 9.17) is 5.73 Å². The normalized spacial score (nSPS) is 13.7. The Labute approximate surface area is 85.5 Å². The van der Waals surface area contributed by atoms with E-state index in [2.05, 4.69) is 10.3 Å². The Balaban J connectivity index is 2.97. The molecule has 6 heteroatoms. The van der Waals surface area contributed by atoms with Crippen LogP contribution in [0.25, 0.3) is 0 Å². The van der Waals surface area contributed by atoms with Crippen molar-refractivity contribution >= 4 is 5.82 Å². The monoisotopic (exact) mass is 219 g/mol. The van der Waals surface area contributed by atoms with Gasteiger partial charge in [0.15, 0.2) is 0 Å². The number of nitrogens with two attached hydrogens (primary N) is 1. The van der Waals surface area contributed by atoms with Crippen LogP contribution in [0.5, 0.6) is 0 Å². The summed E-state index contributed by atoms with van der Waals surface area (Å²) in [5, 5.41) is 2.61. The third-order valence-corrected chi connectivity index (χ3v) is 1.85. The van der Waals surface area contributed by atoms with Crippen LogP contribution in [0.1, 0.15) is 12.5 Å². The molecule has 3 N–H and O–H groups in total. The van der Waals surface area contributed by atoms with Gasteiger partial charge in [-0.2, -0.15) is 13.2 Å². The lowest BCUT2D eigenvalue weighted by atomic mass is 10.2. The summed E-state index contributed by atoms with van der Waals surface area (Å²) >= 11 is 0. The summed E-state index contributed by atoms with van der Waals surface area (Å²) in [5.74, 6) is -0.178. The van der Waals surface area contributed by atoms with Crippen LogP contribution in [-0.4, -0.2) is 17.6 Å². The maximum Gasteiger partial charge on any atom is 0.419 e. The molecule has 0 spiro atoms. The smallest absolute Gasteiger partial charge is 0.366 e. The third kappa shape index (κ3) is 3.09. The number of alkyl halides is 3. The Hall–Kier alpha value is -1.30. The Bertz CT molecular complexity index is 325. The lowest BCUT2D eigenvalue weighted by Crippen LogP contribution is -2.27. The van der Waals surface area contributed by atoms with Crippen molar-refractivity contribution in [2.45, 2.75) is 19.1 Å². The SMILES string of the molecule is CC(CN)Nc1ncccc1C(F)(F)F. The standard InChI is InChI=1S/C9H12F3N3/c1-6(5-13)15-8-7(9(10,11)12)3-2-4-14-8/h2-4,6H,5,13H2,1H3,(H,14,15). The van der Waals surface area contributed by atoms with E-state index in [-0.39, 0.29) is 18.4 Å². The highest BCUT2D eigenvalue weighted by Crippen LogP contribution is 2.33. The molecule has 0 bridgehead atoms. The quantitative estimate of drug-likeness (QED) is 0.815. The summed E-state index contributed by atoms with van der Waals surface area (Å²) in [4.78, 5) is 3.65. The van der Waals surface area contributed by atoms with Gasteiger partial charge in [-0.3, -0.25) is 0 Å². The van der Waals surface area contributed by atoms with E-state index in [0.717, 1.165) is 6.07 Å². The number of rotatable bonds is 3. The zero-order valence-electron chi connectivity index (χ0n) is 8.17. The Morgan fingerprint density at radius 1 is 1.53 bits per heavy atom. The van der Waals surface area contributed by atoms with Gasteiger partial charge in [0.1, 0.15) is 5.82 Å². The summed E-state index contributed by atoms with van der Waals surface area (Å²) < 4.78 is 37.5. The van der Waals surface area contributed by atoms with Gasteiger partial charge >= 0.3 is 6.18 Å². The highest BCUT2D eigenvalue weighted by Gasteiger charge is 2.34. The fraction of sp³-hybridized carbons (Fsp3) is 0.444. The first-order valence-electron chi connectivity index (χ1n) is 4.44. The van der Waals surface area contributed by atoms with E-state index < -0.39 is 11.7 Å². The summed E-state index contributed by atoms with van der Waals surface area (Å²) in [6.45, 7) is 1.93. The second-order valence-electron chi connectivity index (χ2n) is 3.18. The molecule has 0 aliphatic heterocycles. The van der Waals surface area contributed by atoms with Crippen LogP contribution in [0.3, 0.4) is 0 Å². The molecule has 0 aromatic carbocycles. The largest absolute Gasteiger partial charge is 0.419 e. The van der Waals surface area contributed by atoms with Crippen LogP contribution in [0.2, 0.25) is 0 Å². The molecule has 1 aromatic rings. The van der Waals surface area contributed by atoms with E-state index >= 15 is 0 Å². The van der Waals surface area contributed by atoms with E-state index in [9.17, 15) is 13.2 Å². The van der Waals surface area contributed by atoms with Crippen LogP contribution in [0.15, 0.2) is 18.3 Å². The fourth-order valence-electron chi connectivity index (χ4n) is 1.04. The number of anilines is 1. The zero-order chi connectivity index (χ0) is 11.5. The van der Waals surface area contributed by atoms with Crippen molar-refractivity contribution in [3.05, 3.63) is 23.9 Å². The molecule has 1 aromatic heterocycles. The maximum atomic E-state index is 12.5. The van der Waals surface area contributed by atoms with Crippen molar-refractivity contribution in [2.75, 3.05) is 11.9 Å². The molecule has 0 aliphatic carbocycles. The second-order valence-corrected chi connectivity index (χ2v) is 3.18. The van der Waals surface area contributed by atoms with E-state index in [1.807, 2.05) is 0 Å². The lowest BCUT2D eigenvalue weighted by Gasteiger charge is -2.16. The predicted molar refractivity (Wildman–Crippen MR) is 51.4 cm³/mol. The minimum atomic E-state index is -4.40. The molecule has 0 fully saturated rings. The number of aromatic nitrogens is 1. The van der Waals surface area contributed by atoms with Gasteiger partial charge in [-0.25, -0.2) is 4.98 Å². The lowest BCUT2D eigenvalue weighted by molar-refractivity contribution is -0.137. The van der Waals surface area contributed by atoms with Crippen LogP contribution >= 0.6 is 0 Å². The van der Waals surface area contributed by atoms with Crippen molar-refractivity contribution in [1.82, 2.24) is 4.98 Å². The van der Waals surface area contributed by atoms with Gasteiger partial charge in [0.2, 0.25) is 0 Å². The molecular formula is C9H12F3N3. The molecule has 0 aliphatic rings. The predicted octanol–water partition coefficient (Wildman–Crippen LogP) is 1.86. The van der Waals surface area contributed by atoms with Crippen molar-refractivity contribution in [3.63, 3.8) is 0 Å². The van der Waals surface area contributed by atoms with Gasteiger partial charge in [-0.15, -0.1) is 0 Å². The number of hydrogen-bond acceptors (Lipinski definition) is 3. The third-order valence-electron chi connectivity index (χ3n) is 1.85. The first-order valence-corrected chi connectivity index (χ1v) is 4.44. The average molecular weight is 219 g/mol. The van der Waals surface area contributed by atoms with Gasteiger partial charge in [0, 0.05) is 18.8 Å². The van der Waals surface area contributed by atoms with Crippen LogP contribution in [0, 0.1) is 0 Å². The summed E-state index contributed by atoms with van der Waals surface area (Å²) in [7, 11) is 0. The zero-order valence-corrected chi connectivity index (χ0v) is 8.17. The minimum Gasteiger partial charge on any atom is -0.366 e. The molecule has 1 unspecified atom stereocenters. The molecule has 1 rings (SSSR count). The number of nitrogens with one attached hydrogen (secondary N) is 1. The highest BCUT2D eigenvalue weighted by molar-refractivity contribution is 5.46. The Morgan fingerprint density at radius 2 is 2.20 bits per heavy atom. The van der Waals surface area contributed by atoms with Gasteiger partial charge in [0.25, 0.3) is 0 Å². The molecule has 84 valence electrons. The maximum absolute atomic E-state index is 12.5. The highest BCUT2D eigenvalue weighted by atomic mass is 19.4. The van der Waals surface area contributed by atoms with Gasteiger partial charge in [0.05, 0.1) is 5.56 Å².